The number of hydrogen-bond donors (Lipinski definition) is 1. The Balaban J connectivity index is 1.88. The summed E-state index contributed by atoms with van der Waals surface area (Å²) in [5, 5.41) is 9.24. The monoisotopic (exact) mass is 379 g/mol. The number of hydrogen-bond acceptors (Lipinski definition) is 3. The largest absolute Gasteiger partial charge is 0.497 e. The number of ether oxygens (including phenoxy) is 1. The zero-order chi connectivity index (χ0) is 20.1. The van der Waals surface area contributed by atoms with Gasteiger partial charge in [-0.25, -0.2) is 4.79 Å². The average Bonchev–Trinajstić information content (AvgIpc) is 2.69. The lowest BCUT2D eigenvalue weighted by atomic mass is 9.73. The third kappa shape index (κ3) is 5.02. The van der Waals surface area contributed by atoms with Gasteiger partial charge in [-0.2, -0.15) is 0 Å². The van der Waals surface area contributed by atoms with Crippen LogP contribution in [0.3, 0.4) is 0 Å². The van der Waals surface area contributed by atoms with E-state index in [1.54, 1.807) is 19.2 Å². The highest BCUT2D eigenvalue weighted by Crippen LogP contribution is 2.42. The first-order valence-corrected chi connectivity index (χ1v) is 9.77. The van der Waals surface area contributed by atoms with Crippen molar-refractivity contribution in [3.8, 4) is 5.75 Å². The lowest BCUT2D eigenvalue weighted by Gasteiger charge is -2.35. The van der Waals surface area contributed by atoms with Crippen LogP contribution in [-0.4, -0.2) is 43.7 Å². The van der Waals surface area contributed by atoms with Crippen molar-refractivity contribution in [3.05, 3.63) is 70.8 Å². The number of aromatic carboxylic acids is 1. The predicted octanol–water partition coefficient (Wildman–Crippen LogP) is 4.92. The van der Waals surface area contributed by atoms with E-state index in [2.05, 4.69) is 43.3 Å². The molecule has 4 heteroatoms. The molecule has 0 aromatic heterocycles. The van der Waals surface area contributed by atoms with Crippen LogP contribution in [0.4, 0.5) is 0 Å². The second kappa shape index (κ2) is 9.07. The van der Waals surface area contributed by atoms with Crippen LogP contribution >= 0.6 is 0 Å². The minimum Gasteiger partial charge on any atom is -0.497 e. The summed E-state index contributed by atoms with van der Waals surface area (Å²) in [5.41, 5.74) is 3.99. The molecule has 2 aromatic carbocycles. The number of rotatable bonds is 6. The van der Waals surface area contributed by atoms with Crippen LogP contribution in [0.25, 0.3) is 6.08 Å². The molecule has 1 saturated carbocycles. The van der Waals surface area contributed by atoms with Crippen LogP contribution in [0, 0.1) is 5.92 Å². The molecule has 2 aromatic rings. The van der Waals surface area contributed by atoms with Crippen molar-refractivity contribution in [2.24, 2.45) is 5.92 Å². The number of carboxylic acids is 1. The van der Waals surface area contributed by atoms with E-state index in [9.17, 15) is 9.90 Å². The third-order valence-electron chi connectivity index (χ3n) is 5.51. The maximum Gasteiger partial charge on any atom is 0.335 e. The number of carbonyl (C=O) groups is 1. The first kappa shape index (κ1) is 20.2. The first-order chi connectivity index (χ1) is 13.5. The molecule has 1 N–H and O–H groups in total. The quantitative estimate of drug-likeness (QED) is 0.774. The molecule has 148 valence electrons. The summed E-state index contributed by atoms with van der Waals surface area (Å²) < 4.78 is 5.44. The Bertz CT molecular complexity index is 856. The van der Waals surface area contributed by atoms with E-state index >= 15 is 0 Å². The Morgan fingerprint density at radius 1 is 1.21 bits per heavy atom. The van der Waals surface area contributed by atoms with Crippen molar-refractivity contribution < 1.29 is 14.6 Å². The molecular weight excluding hydrogens is 350 g/mol. The lowest BCUT2D eigenvalue weighted by molar-refractivity contribution is 0.0697. The minimum absolute atomic E-state index is 0.333. The molecule has 0 amide bonds. The average molecular weight is 380 g/mol. The minimum atomic E-state index is -0.885. The standard InChI is InChI=1S/C24H29NO3/c1-25(2)16-21-11-10-18(12-17-6-4-8-20(13-17)24(26)27)14-23(21)19-7-5-9-22(15-19)28-3/h4-9,12-13,15,21,23H,10-11,14,16H2,1-3H3,(H,26,27)/b18-12-/t21-,23-/m1/s1. The second-order valence-corrected chi connectivity index (χ2v) is 7.88. The number of methoxy groups -OCH3 is 1. The maximum atomic E-state index is 11.3. The van der Waals surface area contributed by atoms with Crippen molar-refractivity contribution in [2.45, 2.75) is 25.2 Å². The molecule has 0 unspecified atom stereocenters. The Kier molecular flexibility index (Phi) is 6.53. The van der Waals surface area contributed by atoms with Crippen LogP contribution in [0.15, 0.2) is 54.1 Å². The van der Waals surface area contributed by atoms with Crippen molar-refractivity contribution in [3.63, 3.8) is 0 Å². The summed E-state index contributed by atoms with van der Waals surface area (Å²) in [6.07, 6.45) is 5.34. The summed E-state index contributed by atoms with van der Waals surface area (Å²) in [6, 6.07) is 15.6. The molecule has 3 rings (SSSR count). The van der Waals surface area contributed by atoms with Gasteiger partial charge in [0.25, 0.3) is 0 Å². The molecule has 0 radical (unpaired) electrons. The fourth-order valence-corrected chi connectivity index (χ4v) is 4.20. The molecule has 4 nitrogen and oxygen atoms in total. The normalized spacial score (nSPS) is 21.1. The van der Waals surface area contributed by atoms with Crippen LogP contribution in [0.5, 0.6) is 5.75 Å². The van der Waals surface area contributed by atoms with Crippen molar-refractivity contribution in [1.82, 2.24) is 4.90 Å². The number of allylic oxidation sites excluding steroid dienone is 1. The molecule has 1 aliphatic rings. The van der Waals surface area contributed by atoms with E-state index in [0.717, 1.165) is 37.1 Å². The summed E-state index contributed by atoms with van der Waals surface area (Å²) >= 11 is 0. The van der Waals surface area contributed by atoms with Gasteiger partial charge in [-0.05, 0) is 80.6 Å². The summed E-state index contributed by atoms with van der Waals surface area (Å²) in [5.74, 6) is 1.03. The van der Waals surface area contributed by atoms with E-state index < -0.39 is 5.97 Å². The van der Waals surface area contributed by atoms with Gasteiger partial charge in [-0.1, -0.05) is 35.9 Å². The smallest absolute Gasteiger partial charge is 0.335 e. The molecule has 0 aliphatic heterocycles. The van der Waals surface area contributed by atoms with Gasteiger partial charge in [0.2, 0.25) is 0 Å². The van der Waals surface area contributed by atoms with E-state index in [-0.39, 0.29) is 0 Å². The second-order valence-electron chi connectivity index (χ2n) is 7.88. The summed E-state index contributed by atoms with van der Waals surface area (Å²) in [7, 11) is 5.97. The van der Waals surface area contributed by atoms with Gasteiger partial charge >= 0.3 is 5.97 Å². The van der Waals surface area contributed by atoms with E-state index in [4.69, 9.17) is 4.74 Å². The highest BCUT2D eigenvalue weighted by molar-refractivity contribution is 5.88. The van der Waals surface area contributed by atoms with E-state index in [1.807, 2.05) is 18.2 Å². The maximum absolute atomic E-state index is 11.3. The first-order valence-electron chi connectivity index (χ1n) is 9.77. The highest BCUT2D eigenvalue weighted by Gasteiger charge is 2.29. The Hall–Kier alpha value is -2.59. The zero-order valence-corrected chi connectivity index (χ0v) is 16.9. The molecule has 28 heavy (non-hydrogen) atoms. The lowest BCUT2D eigenvalue weighted by Crippen LogP contribution is -2.29. The van der Waals surface area contributed by atoms with Crippen molar-refractivity contribution >= 4 is 12.0 Å². The number of nitrogens with zero attached hydrogens (tertiary/aromatic N) is 1. The van der Waals surface area contributed by atoms with Gasteiger partial charge in [0, 0.05) is 6.54 Å². The number of carboxylic acid groups (broad SMARTS) is 1. The summed E-state index contributed by atoms with van der Waals surface area (Å²) in [6.45, 7) is 1.06. The van der Waals surface area contributed by atoms with Crippen LogP contribution in [0.1, 0.15) is 46.7 Å². The topological polar surface area (TPSA) is 49.8 Å². The fourth-order valence-electron chi connectivity index (χ4n) is 4.20. The van der Waals surface area contributed by atoms with Gasteiger partial charge < -0.3 is 14.7 Å². The van der Waals surface area contributed by atoms with Crippen LogP contribution in [-0.2, 0) is 0 Å². The van der Waals surface area contributed by atoms with Gasteiger partial charge in [-0.3, -0.25) is 0 Å². The van der Waals surface area contributed by atoms with Crippen molar-refractivity contribution in [1.29, 1.82) is 0 Å². The Labute approximate surface area is 167 Å². The molecule has 1 aliphatic carbocycles. The van der Waals surface area contributed by atoms with Gasteiger partial charge in [-0.15, -0.1) is 0 Å². The van der Waals surface area contributed by atoms with Crippen molar-refractivity contribution in [2.75, 3.05) is 27.7 Å². The molecule has 0 bridgehead atoms. The predicted molar refractivity (Wildman–Crippen MR) is 113 cm³/mol. The fraction of sp³-hybridized carbons (Fsp3) is 0.375. The van der Waals surface area contributed by atoms with Gasteiger partial charge in [0.1, 0.15) is 5.75 Å². The molecule has 0 heterocycles. The van der Waals surface area contributed by atoms with Crippen LogP contribution < -0.4 is 4.74 Å². The summed E-state index contributed by atoms with van der Waals surface area (Å²) in [4.78, 5) is 13.5. The molecular formula is C24H29NO3. The molecule has 0 saturated heterocycles. The van der Waals surface area contributed by atoms with Gasteiger partial charge in [0.15, 0.2) is 0 Å². The molecule has 1 fully saturated rings. The third-order valence-corrected chi connectivity index (χ3v) is 5.51. The highest BCUT2D eigenvalue weighted by atomic mass is 16.5. The SMILES string of the molecule is COc1cccc([C@H]2C/C(=C\c3cccc(C(=O)O)c3)CC[C@@H]2CN(C)C)c1. The van der Waals surface area contributed by atoms with E-state index in [0.29, 0.717) is 17.4 Å². The Morgan fingerprint density at radius 2 is 2.00 bits per heavy atom. The van der Waals surface area contributed by atoms with Gasteiger partial charge in [0.05, 0.1) is 12.7 Å². The van der Waals surface area contributed by atoms with Crippen LogP contribution in [0.2, 0.25) is 0 Å². The zero-order valence-electron chi connectivity index (χ0n) is 16.9. The Morgan fingerprint density at radius 3 is 2.71 bits per heavy atom. The van der Waals surface area contributed by atoms with E-state index in [1.165, 1.54) is 11.1 Å². The molecule has 0 spiro atoms. The molecule has 2 atom stereocenters. The number of benzene rings is 2.